The Morgan fingerprint density at radius 3 is 2.36 bits per heavy atom. The van der Waals surface area contributed by atoms with Gasteiger partial charge in [0.25, 0.3) is 5.91 Å². The van der Waals surface area contributed by atoms with Crippen LogP contribution in [0.15, 0.2) is 52.3 Å². The van der Waals surface area contributed by atoms with Gasteiger partial charge in [-0.15, -0.1) is 12.4 Å². The summed E-state index contributed by atoms with van der Waals surface area (Å²) in [6.45, 7) is 1.24. The zero-order chi connectivity index (χ0) is 19.2. The van der Waals surface area contributed by atoms with Crippen LogP contribution in [-0.4, -0.2) is 51.2 Å². The first-order valence-electron chi connectivity index (χ1n) is 8.93. The molecule has 1 saturated heterocycles. The fourth-order valence-electron chi connectivity index (χ4n) is 3.77. The number of carbonyl (C=O) groups excluding carboxylic acids is 2. The molecular formula is C20H21ClN2O4S. The molecule has 0 bridgehead atoms. The van der Waals surface area contributed by atoms with Crippen LogP contribution in [-0.2, 0) is 9.84 Å². The van der Waals surface area contributed by atoms with Crippen LogP contribution in [0.5, 0.6) is 0 Å². The lowest BCUT2D eigenvalue weighted by molar-refractivity contribution is 0.0706. The van der Waals surface area contributed by atoms with Crippen molar-refractivity contribution in [2.45, 2.75) is 28.7 Å². The molecule has 2 aliphatic rings. The molecule has 2 aromatic carbocycles. The van der Waals surface area contributed by atoms with E-state index in [4.69, 9.17) is 0 Å². The molecule has 2 aromatic rings. The maximum atomic E-state index is 13.0. The minimum atomic E-state index is -3.84. The fourth-order valence-corrected chi connectivity index (χ4v) is 5.45. The molecule has 1 N–H and O–H groups in total. The van der Waals surface area contributed by atoms with Gasteiger partial charge in [-0.3, -0.25) is 9.59 Å². The van der Waals surface area contributed by atoms with E-state index in [1.165, 1.54) is 24.3 Å². The number of nitrogens with one attached hydrogen (secondary N) is 1. The highest BCUT2D eigenvalue weighted by atomic mass is 35.5. The van der Waals surface area contributed by atoms with Crippen molar-refractivity contribution in [1.29, 1.82) is 0 Å². The maximum absolute atomic E-state index is 13.0. The molecule has 28 heavy (non-hydrogen) atoms. The summed E-state index contributed by atoms with van der Waals surface area (Å²) in [5, 5.41) is 3.21. The summed E-state index contributed by atoms with van der Waals surface area (Å²) in [5.74, 6) is -0.530. The van der Waals surface area contributed by atoms with E-state index in [1.54, 1.807) is 23.1 Å². The van der Waals surface area contributed by atoms with Crippen LogP contribution >= 0.6 is 12.4 Å². The molecule has 0 radical (unpaired) electrons. The first kappa shape index (κ1) is 20.5. The van der Waals surface area contributed by atoms with Gasteiger partial charge in [-0.1, -0.05) is 12.1 Å². The fraction of sp³-hybridized carbons (Fsp3) is 0.300. The second kappa shape index (κ2) is 7.66. The minimum Gasteiger partial charge on any atom is -0.339 e. The van der Waals surface area contributed by atoms with E-state index in [2.05, 4.69) is 5.32 Å². The number of piperidine rings is 1. The Hall–Kier alpha value is -2.22. The summed E-state index contributed by atoms with van der Waals surface area (Å²) in [4.78, 5) is 27.2. The normalized spacial score (nSPS) is 18.0. The predicted molar refractivity (Wildman–Crippen MR) is 107 cm³/mol. The summed E-state index contributed by atoms with van der Waals surface area (Å²) in [6, 6.07) is 10.9. The highest BCUT2D eigenvalue weighted by Crippen LogP contribution is 2.35. The zero-order valence-corrected chi connectivity index (χ0v) is 17.0. The monoisotopic (exact) mass is 420 g/mol. The summed E-state index contributed by atoms with van der Waals surface area (Å²) >= 11 is 0. The van der Waals surface area contributed by atoms with E-state index in [0.29, 0.717) is 24.7 Å². The van der Waals surface area contributed by atoms with Crippen LogP contribution in [0, 0.1) is 0 Å². The SMILES string of the molecule is CNC1CCN(C(=O)c2ccc3c(c2)S(=O)(=O)c2ccccc2C3=O)CC1.Cl. The molecule has 0 aliphatic carbocycles. The van der Waals surface area contributed by atoms with Gasteiger partial charge in [-0.25, -0.2) is 8.42 Å². The first-order valence-corrected chi connectivity index (χ1v) is 10.4. The number of hydrogen-bond donors (Lipinski definition) is 1. The molecule has 148 valence electrons. The van der Waals surface area contributed by atoms with Crippen molar-refractivity contribution in [2.24, 2.45) is 0 Å². The number of amides is 1. The quantitative estimate of drug-likeness (QED) is 0.687. The van der Waals surface area contributed by atoms with Gasteiger partial charge in [0, 0.05) is 35.8 Å². The average molecular weight is 421 g/mol. The van der Waals surface area contributed by atoms with Crippen LogP contribution in [0.4, 0.5) is 0 Å². The van der Waals surface area contributed by atoms with Crippen LogP contribution in [0.1, 0.15) is 39.1 Å². The van der Waals surface area contributed by atoms with Crippen molar-refractivity contribution in [3.8, 4) is 0 Å². The number of rotatable bonds is 2. The van der Waals surface area contributed by atoms with Gasteiger partial charge >= 0.3 is 0 Å². The van der Waals surface area contributed by atoms with Gasteiger partial charge in [-0.2, -0.15) is 0 Å². The molecule has 0 aromatic heterocycles. The molecule has 1 fully saturated rings. The van der Waals surface area contributed by atoms with Crippen LogP contribution < -0.4 is 5.32 Å². The number of benzene rings is 2. The Labute approximate surface area is 170 Å². The lowest BCUT2D eigenvalue weighted by Gasteiger charge is -2.32. The molecule has 0 atom stereocenters. The first-order chi connectivity index (χ1) is 12.9. The van der Waals surface area contributed by atoms with E-state index < -0.39 is 9.84 Å². The molecule has 4 rings (SSSR count). The molecule has 0 unspecified atom stereocenters. The molecule has 2 aliphatic heterocycles. The van der Waals surface area contributed by atoms with E-state index in [1.807, 2.05) is 7.05 Å². The van der Waals surface area contributed by atoms with Crippen molar-refractivity contribution >= 4 is 33.9 Å². The lowest BCUT2D eigenvalue weighted by Crippen LogP contribution is -2.44. The Bertz CT molecular complexity index is 1040. The van der Waals surface area contributed by atoms with Gasteiger partial charge < -0.3 is 10.2 Å². The number of halogens is 1. The zero-order valence-electron chi connectivity index (χ0n) is 15.3. The van der Waals surface area contributed by atoms with E-state index in [9.17, 15) is 18.0 Å². The molecule has 6 nitrogen and oxygen atoms in total. The Kier molecular flexibility index (Phi) is 5.61. The van der Waals surface area contributed by atoms with Gasteiger partial charge in [0.05, 0.1) is 9.79 Å². The molecular weight excluding hydrogens is 400 g/mol. The van der Waals surface area contributed by atoms with Crippen LogP contribution in [0.3, 0.4) is 0 Å². The van der Waals surface area contributed by atoms with Crippen LogP contribution in [0.25, 0.3) is 0 Å². The number of sulfone groups is 1. The number of nitrogens with zero attached hydrogens (tertiary/aromatic N) is 1. The smallest absolute Gasteiger partial charge is 0.253 e. The summed E-state index contributed by atoms with van der Waals surface area (Å²) in [7, 11) is -1.93. The summed E-state index contributed by atoms with van der Waals surface area (Å²) < 4.78 is 26.0. The van der Waals surface area contributed by atoms with Gasteiger partial charge in [0.1, 0.15) is 0 Å². The number of likely N-dealkylation sites (tertiary alicyclic amines) is 1. The van der Waals surface area contributed by atoms with Crippen molar-refractivity contribution in [1.82, 2.24) is 10.2 Å². The highest BCUT2D eigenvalue weighted by Gasteiger charge is 2.35. The van der Waals surface area contributed by atoms with Gasteiger partial charge in [-0.05, 0) is 50.2 Å². The van der Waals surface area contributed by atoms with Crippen LogP contribution in [0.2, 0.25) is 0 Å². The van der Waals surface area contributed by atoms with Crippen molar-refractivity contribution in [3.63, 3.8) is 0 Å². The number of carbonyl (C=O) groups is 2. The van der Waals surface area contributed by atoms with E-state index in [0.717, 1.165) is 12.8 Å². The molecule has 1 amide bonds. The largest absolute Gasteiger partial charge is 0.339 e. The predicted octanol–water partition coefficient (Wildman–Crippen LogP) is 2.31. The molecule has 2 heterocycles. The molecule has 0 saturated carbocycles. The Balaban J connectivity index is 0.00000225. The Morgan fingerprint density at radius 2 is 1.68 bits per heavy atom. The van der Waals surface area contributed by atoms with E-state index in [-0.39, 0.29) is 45.0 Å². The van der Waals surface area contributed by atoms with Gasteiger partial charge in [0.15, 0.2) is 5.78 Å². The topological polar surface area (TPSA) is 83.6 Å². The lowest BCUT2D eigenvalue weighted by atomic mass is 10.00. The number of ketones is 1. The molecule has 8 heteroatoms. The Morgan fingerprint density at radius 1 is 1.04 bits per heavy atom. The average Bonchev–Trinajstić information content (AvgIpc) is 2.71. The number of fused-ring (bicyclic) bond motifs is 2. The third-order valence-corrected chi connectivity index (χ3v) is 7.23. The second-order valence-electron chi connectivity index (χ2n) is 6.89. The second-order valence-corrected chi connectivity index (χ2v) is 8.78. The third-order valence-electron chi connectivity index (χ3n) is 5.37. The highest BCUT2D eigenvalue weighted by molar-refractivity contribution is 7.91. The van der Waals surface area contributed by atoms with Crippen molar-refractivity contribution in [3.05, 3.63) is 59.2 Å². The molecule has 0 spiro atoms. The standard InChI is InChI=1S/C20H20N2O4S.ClH/c1-21-14-8-10-22(11-9-14)20(24)13-6-7-16-18(12-13)27(25,26)17-5-3-2-4-15(17)19(16)23;/h2-7,12,14,21H,8-11H2,1H3;1H. The van der Waals surface area contributed by atoms with Crippen molar-refractivity contribution in [2.75, 3.05) is 20.1 Å². The minimum absolute atomic E-state index is 0. The van der Waals surface area contributed by atoms with Crippen molar-refractivity contribution < 1.29 is 18.0 Å². The van der Waals surface area contributed by atoms with Gasteiger partial charge in [0.2, 0.25) is 9.84 Å². The number of hydrogen-bond acceptors (Lipinski definition) is 5. The van der Waals surface area contributed by atoms with E-state index >= 15 is 0 Å². The maximum Gasteiger partial charge on any atom is 0.253 e. The summed E-state index contributed by atoms with van der Waals surface area (Å²) in [5.41, 5.74) is 0.602. The third kappa shape index (κ3) is 3.23. The summed E-state index contributed by atoms with van der Waals surface area (Å²) in [6.07, 6.45) is 1.72.